The number of para-hydroxylation sites is 1. The molecule has 0 spiro atoms. The minimum absolute atomic E-state index is 0.0525. The van der Waals surface area contributed by atoms with Crippen LogP contribution in [0.4, 0.5) is 11.4 Å². The molecule has 1 aromatic heterocycles. The van der Waals surface area contributed by atoms with Gasteiger partial charge < -0.3 is 4.57 Å². The van der Waals surface area contributed by atoms with Crippen LogP contribution in [-0.4, -0.2) is 21.5 Å². The van der Waals surface area contributed by atoms with E-state index in [2.05, 4.69) is 20.5 Å². The van der Waals surface area contributed by atoms with Gasteiger partial charge in [0.1, 0.15) is 5.57 Å². The fourth-order valence-electron chi connectivity index (χ4n) is 4.70. The molecule has 1 aliphatic heterocycles. The van der Waals surface area contributed by atoms with Crippen molar-refractivity contribution in [3.63, 3.8) is 0 Å². The highest BCUT2D eigenvalue weighted by atomic mass is 79.9. The molecule has 5 rings (SSSR count). The first-order valence-corrected chi connectivity index (χ1v) is 13.4. The van der Waals surface area contributed by atoms with Crippen molar-refractivity contribution in [1.29, 1.82) is 0 Å². The maximum atomic E-state index is 13.9. The molecular formula is C31H26BrN3O2S. The lowest BCUT2D eigenvalue weighted by Crippen LogP contribution is -2.57. The number of rotatable bonds is 4. The summed E-state index contributed by atoms with van der Waals surface area (Å²) in [6.45, 7) is 8.00. The number of carbonyl (C=O) groups excluding carboxylic acids is 2. The van der Waals surface area contributed by atoms with E-state index in [0.717, 1.165) is 38.2 Å². The van der Waals surface area contributed by atoms with Gasteiger partial charge in [0.2, 0.25) is 0 Å². The van der Waals surface area contributed by atoms with Gasteiger partial charge in [-0.25, -0.2) is 0 Å². The van der Waals surface area contributed by atoms with Gasteiger partial charge >= 0.3 is 0 Å². The number of aromatic nitrogens is 1. The molecule has 38 heavy (non-hydrogen) atoms. The summed E-state index contributed by atoms with van der Waals surface area (Å²) < 4.78 is 3.10. The number of aryl methyl sites for hydroxylation is 3. The maximum absolute atomic E-state index is 13.9. The normalized spacial score (nSPS) is 15.1. The number of hydrogen-bond donors (Lipinski definition) is 0. The number of benzene rings is 3. The van der Waals surface area contributed by atoms with Crippen LogP contribution in [0, 0.1) is 27.7 Å². The lowest BCUT2D eigenvalue weighted by atomic mass is 10.0. The Morgan fingerprint density at radius 1 is 0.711 bits per heavy atom. The Morgan fingerprint density at radius 3 is 1.95 bits per heavy atom. The van der Waals surface area contributed by atoms with Gasteiger partial charge in [-0.2, -0.15) is 0 Å². The summed E-state index contributed by atoms with van der Waals surface area (Å²) in [4.78, 5) is 30.7. The zero-order valence-electron chi connectivity index (χ0n) is 21.5. The minimum atomic E-state index is -0.445. The Bertz CT molecular complexity index is 1620. The zero-order chi connectivity index (χ0) is 27.1. The van der Waals surface area contributed by atoms with E-state index in [1.807, 2.05) is 107 Å². The van der Waals surface area contributed by atoms with Crippen molar-refractivity contribution >= 4 is 62.5 Å². The minimum Gasteiger partial charge on any atom is -0.318 e. The van der Waals surface area contributed by atoms with Crippen LogP contribution in [0.15, 0.2) is 88.9 Å². The third-order valence-corrected chi connectivity index (χ3v) is 7.76. The molecule has 1 saturated heterocycles. The monoisotopic (exact) mass is 583 g/mol. The molecule has 1 fully saturated rings. The summed E-state index contributed by atoms with van der Waals surface area (Å²) in [5.41, 5.74) is 7.14. The first kappa shape index (κ1) is 25.8. The number of anilines is 2. The molecule has 2 heterocycles. The van der Waals surface area contributed by atoms with Gasteiger partial charge in [0, 0.05) is 21.5 Å². The molecule has 3 aromatic carbocycles. The summed E-state index contributed by atoms with van der Waals surface area (Å²) >= 11 is 9.25. The van der Waals surface area contributed by atoms with Gasteiger partial charge in [-0.05, 0) is 117 Å². The van der Waals surface area contributed by atoms with Gasteiger partial charge in [-0.15, -0.1) is 0 Å². The molecule has 0 unspecified atom stereocenters. The quantitative estimate of drug-likeness (QED) is 0.145. The smallest absolute Gasteiger partial charge is 0.270 e. The van der Waals surface area contributed by atoms with Crippen molar-refractivity contribution in [3.05, 3.63) is 117 Å². The van der Waals surface area contributed by atoms with Crippen LogP contribution in [0.2, 0.25) is 0 Å². The molecule has 190 valence electrons. The van der Waals surface area contributed by atoms with Crippen molar-refractivity contribution < 1.29 is 9.59 Å². The molecule has 0 bridgehead atoms. The molecular weight excluding hydrogens is 558 g/mol. The number of thiocarbonyl (C=S) groups is 1. The van der Waals surface area contributed by atoms with Crippen LogP contribution in [0.3, 0.4) is 0 Å². The molecule has 0 aliphatic carbocycles. The Morgan fingerprint density at radius 2 is 1.32 bits per heavy atom. The SMILES string of the molecule is Cc1ccc(N2C(=O)/C(=C/c3cc(C)n(-c4ccc(Br)cc4)c3C)C(=O)N(c3ccccc3)C2=S)cc1C. The summed E-state index contributed by atoms with van der Waals surface area (Å²) in [7, 11) is 0. The predicted molar refractivity (Wildman–Crippen MR) is 161 cm³/mol. The van der Waals surface area contributed by atoms with E-state index in [9.17, 15) is 9.59 Å². The summed E-state index contributed by atoms with van der Waals surface area (Å²) in [6, 6.07) is 25.0. The van der Waals surface area contributed by atoms with Crippen molar-refractivity contribution in [2.75, 3.05) is 9.80 Å². The Labute approximate surface area is 236 Å². The van der Waals surface area contributed by atoms with E-state index in [4.69, 9.17) is 12.2 Å². The molecule has 0 radical (unpaired) electrons. The summed E-state index contributed by atoms with van der Waals surface area (Å²) in [6.07, 6.45) is 1.69. The number of nitrogens with zero attached hydrogens (tertiary/aromatic N) is 3. The second-order valence-electron chi connectivity index (χ2n) is 9.36. The van der Waals surface area contributed by atoms with Gasteiger partial charge in [0.25, 0.3) is 11.8 Å². The van der Waals surface area contributed by atoms with Gasteiger partial charge in [0.05, 0.1) is 11.4 Å². The van der Waals surface area contributed by atoms with Crippen molar-refractivity contribution in [2.45, 2.75) is 27.7 Å². The Hall–Kier alpha value is -3.81. The van der Waals surface area contributed by atoms with E-state index < -0.39 is 11.8 Å². The third kappa shape index (κ3) is 4.52. The van der Waals surface area contributed by atoms with E-state index in [1.165, 1.54) is 9.80 Å². The van der Waals surface area contributed by atoms with Crippen molar-refractivity contribution in [3.8, 4) is 5.69 Å². The van der Waals surface area contributed by atoms with E-state index >= 15 is 0 Å². The first-order valence-electron chi connectivity index (χ1n) is 12.2. The van der Waals surface area contributed by atoms with Gasteiger partial charge in [0.15, 0.2) is 5.11 Å². The Balaban J connectivity index is 1.66. The van der Waals surface area contributed by atoms with Crippen LogP contribution >= 0.6 is 28.1 Å². The van der Waals surface area contributed by atoms with Gasteiger partial charge in [-0.3, -0.25) is 19.4 Å². The van der Waals surface area contributed by atoms with Crippen LogP contribution < -0.4 is 9.80 Å². The first-order chi connectivity index (χ1) is 18.2. The molecule has 1 aliphatic rings. The van der Waals surface area contributed by atoms with Crippen LogP contribution in [0.1, 0.15) is 28.1 Å². The standard InChI is InChI=1S/C31H26BrN3O2S/c1-19-10-13-27(16-20(19)2)35-30(37)28(29(36)34(31(35)38)25-8-6-5-7-9-25)18-23-17-21(3)33(22(23)4)26-14-11-24(32)12-15-26/h5-18H,1-4H3/b28-18+. The lowest BCUT2D eigenvalue weighted by Gasteiger charge is -2.36. The zero-order valence-corrected chi connectivity index (χ0v) is 23.9. The maximum Gasteiger partial charge on any atom is 0.270 e. The van der Waals surface area contributed by atoms with E-state index in [-0.39, 0.29) is 10.7 Å². The molecule has 0 N–H and O–H groups in total. The number of hydrogen-bond acceptors (Lipinski definition) is 3. The largest absolute Gasteiger partial charge is 0.318 e. The Kier molecular flexibility index (Phi) is 6.90. The second-order valence-corrected chi connectivity index (χ2v) is 10.6. The van der Waals surface area contributed by atoms with E-state index in [0.29, 0.717) is 11.4 Å². The van der Waals surface area contributed by atoms with Crippen LogP contribution in [-0.2, 0) is 9.59 Å². The molecule has 7 heteroatoms. The number of carbonyl (C=O) groups is 2. The molecule has 4 aromatic rings. The van der Waals surface area contributed by atoms with Gasteiger partial charge in [-0.1, -0.05) is 40.2 Å². The topological polar surface area (TPSA) is 45.6 Å². The number of amides is 2. The molecule has 0 atom stereocenters. The molecule has 2 amide bonds. The van der Waals surface area contributed by atoms with Crippen LogP contribution in [0.5, 0.6) is 0 Å². The predicted octanol–water partition coefficient (Wildman–Crippen LogP) is 7.22. The highest BCUT2D eigenvalue weighted by Crippen LogP contribution is 2.32. The second kappa shape index (κ2) is 10.2. The van der Waals surface area contributed by atoms with E-state index in [1.54, 1.807) is 6.08 Å². The average Bonchev–Trinajstić information content (AvgIpc) is 3.17. The highest BCUT2D eigenvalue weighted by molar-refractivity contribution is 9.10. The third-order valence-electron chi connectivity index (χ3n) is 6.87. The lowest BCUT2D eigenvalue weighted by molar-refractivity contribution is -0.120. The van der Waals surface area contributed by atoms with Crippen LogP contribution in [0.25, 0.3) is 11.8 Å². The fraction of sp³-hybridized carbons (Fsp3) is 0.129. The van der Waals surface area contributed by atoms with Crippen molar-refractivity contribution in [2.24, 2.45) is 0 Å². The summed E-state index contributed by atoms with van der Waals surface area (Å²) in [5, 5.41) is 0.131. The molecule has 5 nitrogen and oxygen atoms in total. The van der Waals surface area contributed by atoms with Crippen molar-refractivity contribution in [1.82, 2.24) is 4.57 Å². The highest BCUT2D eigenvalue weighted by Gasteiger charge is 2.41. The summed E-state index contributed by atoms with van der Waals surface area (Å²) in [5.74, 6) is -0.886. The molecule has 0 saturated carbocycles. The number of halogens is 1. The average molecular weight is 585 g/mol. The fourth-order valence-corrected chi connectivity index (χ4v) is 5.34.